The van der Waals surface area contributed by atoms with Gasteiger partial charge < -0.3 is 19.5 Å². The van der Waals surface area contributed by atoms with Crippen molar-refractivity contribution < 1.29 is 24.2 Å². The first kappa shape index (κ1) is 16.8. The van der Waals surface area contributed by atoms with Gasteiger partial charge in [0.15, 0.2) is 0 Å². The lowest BCUT2D eigenvalue weighted by molar-refractivity contribution is -0.142. The summed E-state index contributed by atoms with van der Waals surface area (Å²) in [7, 11) is 1.33. The van der Waals surface area contributed by atoms with Gasteiger partial charge in [-0.05, 0) is 39.5 Å². The van der Waals surface area contributed by atoms with Crippen molar-refractivity contribution in [1.82, 2.24) is 4.90 Å². The van der Waals surface area contributed by atoms with E-state index in [1.54, 1.807) is 4.90 Å². The zero-order valence-electron chi connectivity index (χ0n) is 12.7. The second-order valence-corrected chi connectivity index (χ2v) is 6.15. The van der Waals surface area contributed by atoms with Gasteiger partial charge in [-0.15, -0.1) is 0 Å². The number of aliphatic hydroxyl groups is 1. The summed E-state index contributed by atoms with van der Waals surface area (Å²) in [6.07, 6.45) is 0.223. The molecule has 1 heterocycles. The lowest BCUT2D eigenvalue weighted by Crippen LogP contribution is -2.37. The van der Waals surface area contributed by atoms with Crippen molar-refractivity contribution in [1.29, 1.82) is 0 Å². The highest BCUT2D eigenvalue weighted by Crippen LogP contribution is 2.23. The first-order valence-corrected chi connectivity index (χ1v) is 6.95. The molecule has 0 unspecified atom stereocenters. The highest BCUT2D eigenvalue weighted by atomic mass is 16.6. The molecule has 0 saturated carbocycles. The van der Waals surface area contributed by atoms with Crippen molar-refractivity contribution in [2.45, 2.75) is 51.7 Å². The number of ether oxygens (including phenoxy) is 2. The molecule has 20 heavy (non-hydrogen) atoms. The Morgan fingerprint density at radius 3 is 2.40 bits per heavy atom. The zero-order valence-corrected chi connectivity index (χ0v) is 12.7. The molecule has 0 aromatic heterocycles. The summed E-state index contributed by atoms with van der Waals surface area (Å²) in [6, 6.07) is 0. The molecule has 116 valence electrons. The topological polar surface area (TPSA) is 76.1 Å². The van der Waals surface area contributed by atoms with Crippen LogP contribution in [0.4, 0.5) is 4.79 Å². The van der Waals surface area contributed by atoms with Gasteiger partial charge in [0.25, 0.3) is 0 Å². The first-order valence-electron chi connectivity index (χ1n) is 6.95. The smallest absolute Gasteiger partial charge is 0.410 e. The Morgan fingerprint density at radius 2 is 1.85 bits per heavy atom. The monoisotopic (exact) mass is 287 g/mol. The summed E-state index contributed by atoms with van der Waals surface area (Å²) in [5.74, 6) is -0.505. The Balaban J connectivity index is 2.57. The number of methoxy groups -OCH3 is 1. The molecule has 6 nitrogen and oxygen atoms in total. The Labute approximate surface area is 120 Å². The molecular formula is C14H25NO5. The Kier molecular flexibility index (Phi) is 5.80. The minimum atomic E-state index is -0.596. The largest absolute Gasteiger partial charge is 0.469 e. The number of carbonyl (C=O) groups excluding carboxylic acids is 2. The summed E-state index contributed by atoms with van der Waals surface area (Å²) >= 11 is 0. The van der Waals surface area contributed by atoms with Crippen LogP contribution in [0.2, 0.25) is 0 Å². The van der Waals surface area contributed by atoms with Gasteiger partial charge in [-0.1, -0.05) is 0 Å². The van der Waals surface area contributed by atoms with Gasteiger partial charge in [-0.3, -0.25) is 4.79 Å². The van der Waals surface area contributed by atoms with Crippen LogP contribution in [-0.4, -0.2) is 54.0 Å². The molecule has 0 bridgehead atoms. The van der Waals surface area contributed by atoms with Crippen molar-refractivity contribution >= 4 is 12.1 Å². The van der Waals surface area contributed by atoms with Crippen LogP contribution in [-0.2, 0) is 14.3 Å². The molecular weight excluding hydrogens is 262 g/mol. The summed E-state index contributed by atoms with van der Waals surface area (Å²) in [5.41, 5.74) is -0.534. The third-order valence-corrected chi connectivity index (χ3v) is 3.32. The van der Waals surface area contributed by atoms with Crippen molar-refractivity contribution in [3.05, 3.63) is 0 Å². The molecule has 2 atom stereocenters. The molecule has 0 spiro atoms. The third kappa shape index (κ3) is 5.36. The number of rotatable bonds is 2. The van der Waals surface area contributed by atoms with Crippen LogP contribution in [0.1, 0.15) is 40.0 Å². The van der Waals surface area contributed by atoms with Crippen LogP contribution in [0.5, 0.6) is 0 Å². The predicted octanol–water partition coefficient (Wildman–Crippen LogP) is 1.56. The molecule has 0 radical (unpaired) electrons. The molecule has 1 aliphatic rings. The van der Waals surface area contributed by atoms with Crippen molar-refractivity contribution in [3.63, 3.8) is 0 Å². The minimum absolute atomic E-state index is 0.171. The zero-order chi connectivity index (χ0) is 15.3. The van der Waals surface area contributed by atoms with Crippen LogP contribution < -0.4 is 0 Å². The molecule has 1 rings (SSSR count). The van der Waals surface area contributed by atoms with Gasteiger partial charge in [-0.25, -0.2) is 4.79 Å². The maximum absolute atomic E-state index is 12.0. The fraction of sp³-hybridized carbons (Fsp3) is 0.857. The normalized spacial score (nSPS) is 23.9. The van der Waals surface area contributed by atoms with Gasteiger partial charge in [0, 0.05) is 13.1 Å². The fourth-order valence-corrected chi connectivity index (χ4v) is 2.19. The highest BCUT2D eigenvalue weighted by Gasteiger charge is 2.30. The SMILES string of the molecule is COC(=O)C[C@H]1CCN(C(=O)OC(C)(C)C)CC[C@@H]1O. The average Bonchev–Trinajstić information content (AvgIpc) is 2.50. The number of nitrogens with zero attached hydrogens (tertiary/aromatic N) is 1. The van der Waals surface area contributed by atoms with Crippen molar-refractivity contribution in [2.24, 2.45) is 5.92 Å². The van der Waals surface area contributed by atoms with Gasteiger partial charge in [-0.2, -0.15) is 0 Å². The highest BCUT2D eigenvalue weighted by molar-refractivity contribution is 5.70. The molecule has 0 aromatic carbocycles. The van der Waals surface area contributed by atoms with E-state index in [4.69, 9.17) is 4.74 Å². The van der Waals surface area contributed by atoms with Gasteiger partial charge in [0.1, 0.15) is 5.60 Å². The van der Waals surface area contributed by atoms with E-state index < -0.39 is 11.7 Å². The van der Waals surface area contributed by atoms with E-state index in [9.17, 15) is 14.7 Å². The maximum atomic E-state index is 12.0. The molecule has 1 saturated heterocycles. The standard InChI is InChI=1S/C14H25NO5/c1-14(2,3)20-13(18)15-7-5-10(9-12(17)19-4)11(16)6-8-15/h10-11,16H,5-9H2,1-4H3/t10-,11+/m1/s1. The molecule has 1 N–H and O–H groups in total. The van der Waals surface area contributed by atoms with E-state index >= 15 is 0 Å². The molecule has 1 fully saturated rings. The second-order valence-electron chi connectivity index (χ2n) is 6.15. The van der Waals surface area contributed by atoms with E-state index in [2.05, 4.69) is 4.74 Å². The number of esters is 1. The minimum Gasteiger partial charge on any atom is -0.469 e. The number of hydrogen-bond donors (Lipinski definition) is 1. The number of aliphatic hydroxyl groups excluding tert-OH is 1. The molecule has 0 aromatic rings. The van der Waals surface area contributed by atoms with Crippen molar-refractivity contribution in [3.8, 4) is 0 Å². The molecule has 1 aliphatic heterocycles. The Morgan fingerprint density at radius 1 is 1.25 bits per heavy atom. The first-order chi connectivity index (χ1) is 9.23. The van der Waals surface area contributed by atoms with E-state index in [0.717, 1.165) is 0 Å². The molecule has 1 amide bonds. The van der Waals surface area contributed by atoms with Crippen LogP contribution >= 0.6 is 0 Å². The average molecular weight is 287 g/mol. The van der Waals surface area contributed by atoms with Crippen LogP contribution in [0.25, 0.3) is 0 Å². The maximum Gasteiger partial charge on any atom is 0.410 e. The quantitative estimate of drug-likeness (QED) is 0.780. The Bertz CT molecular complexity index is 350. The number of hydrogen-bond acceptors (Lipinski definition) is 5. The van der Waals surface area contributed by atoms with E-state index in [1.165, 1.54) is 7.11 Å². The van der Waals surface area contributed by atoms with Gasteiger partial charge in [0.05, 0.1) is 19.6 Å². The van der Waals surface area contributed by atoms with Crippen LogP contribution in [0.3, 0.4) is 0 Å². The summed E-state index contributed by atoms with van der Waals surface area (Å²) in [5, 5.41) is 10.0. The van der Waals surface area contributed by atoms with Gasteiger partial charge >= 0.3 is 12.1 Å². The van der Waals surface area contributed by atoms with E-state index in [0.29, 0.717) is 25.9 Å². The lowest BCUT2D eigenvalue weighted by atomic mass is 9.94. The van der Waals surface area contributed by atoms with E-state index in [1.807, 2.05) is 20.8 Å². The van der Waals surface area contributed by atoms with Gasteiger partial charge in [0.2, 0.25) is 0 Å². The molecule has 0 aliphatic carbocycles. The summed E-state index contributed by atoms with van der Waals surface area (Å²) < 4.78 is 9.95. The summed E-state index contributed by atoms with van der Waals surface area (Å²) in [6.45, 7) is 6.37. The Hall–Kier alpha value is -1.30. The predicted molar refractivity (Wildman–Crippen MR) is 73.2 cm³/mol. The third-order valence-electron chi connectivity index (χ3n) is 3.32. The van der Waals surface area contributed by atoms with E-state index in [-0.39, 0.29) is 24.4 Å². The molecule has 6 heteroatoms. The second kappa shape index (κ2) is 6.92. The van der Waals surface area contributed by atoms with Crippen molar-refractivity contribution in [2.75, 3.05) is 20.2 Å². The van der Waals surface area contributed by atoms with Crippen LogP contribution in [0, 0.1) is 5.92 Å². The van der Waals surface area contributed by atoms with Crippen LogP contribution in [0.15, 0.2) is 0 Å². The fourth-order valence-electron chi connectivity index (χ4n) is 2.19. The number of likely N-dealkylation sites (tertiary alicyclic amines) is 1. The lowest BCUT2D eigenvalue weighted by Gasteiger charge is -2.26. The number of amides is 1. The number of carbonyl (C=O) groups is 2. The summed E-state index contributed by atoms with van der Waals surface area (Å²) in [4.78, 5) is 24.9.